The van der Waals surface area contributed by atoms with E-state index in [2.05, 4.69) is 27.9 Å². The molecule has 0 spiro atoms. The van der Waals surface area contributed by atoms with Crippen LogP contribution < -0.4 is 14.8 Å². The lowest BCUT2D eigenvalue weighted by atomic mass is 9.95. The molecule has 0 unspecified atom stereocenters. The van der Waals surface area contributed by atoms with Crippen molar-refractivity contribution in [2.75, 3.05) is 6.61 Å². The zero-order chi connectivity index (χ0) is 24.8. The van der Waals surface area contributed by atoms with Crippen LogP contribution >= 0.6 is 33.9 Å². The number of benzene rings is 2. The summed E-state index contributed by atoms with van der Waals surface area (Å²) in [6.45, 7) is 4.15. The fourth-order valence-electron chi connectivity index (χ4n) is 4.04. The molecular weight excluding hydrogens is 575 g/mol. The molecule has 0 atom stereocenters. The van der Waals surface area contributed by atoms with E-state index in [1.54, 1.807) is 23.6 Å². The number of aryl methyl sites for hydroxylation is 1. The summed E-state index contributed by atoms with van der Waals surface area (Å²) >= 11 is 3.72. The number of amides is 1. The fraction of sp³-hybridized carbons (Fsp3) is 0.296. The topological polar surface area (TPSA) is 77.0 Å². The second-order valence-electron chi connectivity index (χ2n) is 8.17. The Morgan fingerprint density at radius 2 is 1.94 bits per heavy atom. The molecule has 0 fully saturated rings. The van der Waals surface area contributed by atoms with E-state index in [1.807, 2.05) is 43.3 Å². The maximum Gasteiger partial charge on any atom is 0.308 e. The van der Waals surface area contributed by atoms with Crippen molar-refractivity contribution in [2.24, 2.45) is 4.99 Å². The number of hydrogen-bond donors (Lipinski definition) is 1. The van der Waals surface area contributed by atoms with Gasteiger partial charge in [0.15, 0.2) is 11.5 Å². The molecule has 3 aromatic rings. The van der Waals surface area contributed by atoms with E-state index >= 15 is 0 Å². The highest BCUT2D eigenvalue weighted by molar-refractivity contribution is 14.1. The molecular formula is C27H27IN2O4S. The standard InChI is InChI=1S/C27H27IN2O4S/c1-3-33-22-14-19(13-21(28)25(22)34-17(2)31)16-30-27-24(20-11-7-8-12-23(20)35-27)26(32)29-15-18-9-5-4-6-10-18/h4-6,9-10,13-14,16H,3,7-8,11-12,15H2,1-2H3,(H,29,32). The minimum Gasteiger partial charge on any atom is -0.490 e. The third-order valence-corrected chi connectivity index (χ3v) is 7.59. The Morgan fingerprint density at radius 3 is 2.69 bits per heavy atom. The second-order valence-corrected chi connectivity index (χ2v) is 10.4. The normalized spacial score (nSPS) is 12.9. The molecule has 1 N–H and O–H groups in total. The molecule has 1 aliphatic carbocycles. The van der Waals surface area contributed by atoms with Gasteiger partial charge in [0, 0.05) is 24.6 Å². The molecule has 0 bridgehead atoms. The molecule has 4 rings (SSSR count). The van der Waals surface area contributed by atoms with E-state index < -0.39 is 5.97 Å². The number of carbonyl (C=O) groups is 2. The number of thiophene rings is 1. The van der Waals surface area contributed by atoms with Crippen LogP contribution in [0.25, 0.3) is 0 Å². The van der Waals surface area contributed by atoms with Crippen molar-refractivity contribution < 1.29 is 19.1 Å². The molecule has 0 aliphatic heterocycles. The Hall–Kier alpha value is -2.72. The van der Waals surface area contributed by atoms with Gasteiger partial charge < -0.3 is 14.8 Å². The second kappa shape index (κ2) is 11.8. The number of rotatable bonds is 8. The van der Waals surface area contributed by atoms with Gasteiger partial charge in [-0.2, -0.15) is 0 Å². The minimum atomic E-state index is -0.402. The third kappa shape index (κ3) is 6.29. The Kier molecular flexibility index (Phi) is 8.56. The van der Waals surface area contributed by atoms with Crippen LogP contribution in [0.5, 0.6) is 11.5 Å². The molecule has 0 saturated carbocycles. The molecule has 8 heteroatoms. The number of hydrogen-bond acceptors (Lipinski definition) is 6. The molecule has 35 heavy (non-hydrogen) atoms. The van der Waals surface area contributed by atoms with Gasteiger partial charge >= 0.3 is 5.97 Å². The summed E-state index contributed by atoms with van der Waals surface area (Å²) in [5.41, 5.74) is 3.68. The summed E-state index contributed by atoms with van der Waals surface area (Å²) in [5.74, 6) is 0.405. The monoisotopic (exact) mass is 602 g/mol. The molecule has 0 saturated heterocycles. The number of carbonyl (C=O) groups excluding carboxylic acids is 2. The largest absolute Gasteiger partial charge is 0.490 e. The highest BCUT2D eigenvalue weighted by atomic mass is 127. The number of aliphatic imine (C=N–C) groups is 1. The zero-order valence-corrected chi connectivity index (χ0v) is 22.7. The lowest BCUT2D eigenvalue weighted by molar-refractivity contribution is -0.132. The van der Waals surface area contributed by atoms with Crippen molar-refractivity contribution in [2.45, 2.75) is 46.1 Å². The van der Waals surface area contributed by atoms with Gasteiger partial charge in [-0.15, -0.1) is 11.3 Å². The number of fused-ring (bicyclic) bond motifs is 1. The molecule has 1 aromatic heterocycles. The summed E-state index contributed by atoms with van der Waals surface area (Å²) in [6, 6.07) is 13.6. The number of halogens is 1. The van der Waals surface area contributed by atoms with Crippen molar-refractivity contribution in [3.8, 4) is 11.5 Å². The van der Waals surface area contributed by atoms with Crippen LogP contribution in [-0.2, 0) is 24.2 Å². The van der Waals surface area contributed by atoms with Gasteiger partial charge in [0.1, 0.15) is 5.00 Å². The van der Waals surface area contributed by atoms with Crippen molar-refractivity contribution >= 4 is 57.0 Å². The Labute approximate surface area is 222 Å². The maximum absolute atomic E-state index is 13.3. The first-order chi connectivity index (χ1) is 17.0. The quantitative estimate of drug-likeness (QED) is 0.144. The zero-order valence-electron chi connectivity index (χ0n) is 19.7. The molecule has 0 radical (unpaired) electrons. The van der Waals surface area contributed by atoms with Crippen LogP contribution in [0, 0.1) is 3.57 Å². The average molecular weight is 602 g/mol. The summed E-state index contributed by atoms with van der Waals surface area (Å²) < 4.78 is 11.8. The lowest BCUT2D eigenvalue weighted by Gasteiger charge is -2.13. The van der Waals surface area contributed by atoms with E-state index in [9.17, 15) is 9.59 Å². The first-order valence-corrected chi connectivity index (χ1v) is 13.5. The highest BCUT2D eigenvalue weighted by Crippen LogP contribution is 2.40. The summed E-state index contributed by atoms with van der Waals surface area (Å²) in [5, 5.41) is 3.80. The molecule has 2 aromatic carbocycles. The van der Waals surface area contributed by atoms with Gasteiger partial charge in [0.25, 0.3) is 5.91 Å². The van der Waals surface area contributed by atoms with Gasteiger partial charge in [-0.1, -0.05) is 30.3 Å². The fourth-order valence-corrected chi connectivity index (χ4v) is 6.01. The van der Waals surface area contributed by atoms with Gasteiger partial charge in [-0.25, -0.2) is 4.99 Å². The number of esters is 1. The van der Waals surface area contributed by atoms with Gasteiger partial charge in [-0.05, 0) is 84.0 Å². The van der Waals surface area contributed by atoms with E-state index in [-0.39, 0.29) is 5.91 Å². The van der Waals surface area contributed by atoms with Crippen LogP contribution in [0.3, 0.4) is 0 Å². The van der Waals surface area contributed by atoms with Crippen LogP contribution in [-0.4, -0.2) is 24.7 Å². The predicted octanol–water partition coefficient (Wildman–Crippen LogP) is 6.24. The SMILES string of the molecule is CCOc1cc(C=Nc2sc3c(c2C(=O)NCc2ccccc2)CCCC3)cc(I)c1OC(C)=O. The molecule has 6 nitrogen and oxygen atoms in total. The first-order valence-electron chi connectivity index (χ1n) is 11.6. The number of ether oxygens (including phenoxy) is 2. The first kappa shape index (κ1) is 25.4. The van der Waals surface area contributed by atoms with Gasteiger partial charge in [0.05, 0.1) is 15.7 Å². The van der Waals surface area contributed by atoms with Crippen LogP contribution in [0.2, 0.25) is 0 Å². The van der Waals surface area contributed by atoms with E-state index in [0.717, 1.165) is 50.9 Å². The Balaban J connectivity index is 1.63. The third-order valence-electron chi connectivity index (χ3n) is 5.58. The summed E-state index contributed by atoms with van der Waals surface area (Å²) in [6.07, 6.45) is 5.85. The molecule has 1 heterocycles. The van der Waals surface area contributed by atoms with Crippen molar-refractivity contribution in [1.82, 2.24) is 5.32 Å². The van der Waals surface area contributed by atoms with Crippen molar-refractivity contribution in [3.63, 3.8) is 0 Å². The summed E-state index contributed by atoms with van der Waals surface area (Å²) in [7, 11) is 0. The molecule has 182 valence electrons. The van der Waals surface area contributed by atoms with E-state index in [1.165, 1.54) is 11.8 Å². The van der Waals surface area contributed by atoms with Crippen molar-refractivity contribution in [3.05, 3.63) is 73.2 Å². The Morgan fingerprint density at radius 1 is 1.17 bits per heavy atom. The highest BCUT2D eigenvalue weighted by Gasteiger charge is 2.25. The average Bonchev–Trinajstić information content (AvgIpc) is 3.22. The smallest absolute Gasteiger partial charge is 0.308 e. The van der Waals surface area contributed by atoms with E-state index in [0.29, 0.717) is 30.2 Å². The number of nitrogens with one attached hydrogen (secondary N) is 1. The van der Waals surface area contributed by atoms with Gasteiger partial charge in [-0.3, -0.25) is 9.59 Å². The molecule has 1 aliphatic rings. The predicted molar refractivity (Wildman–Crippen MR) is 147 cm³/mol. The lowest BCUT2D eigenvalue weighted by Crippen LogP contribution is -2.24. The van der Waals surface area contributed by atoms with E-state index in [4.69, 9.17) is 14.5 Å². The maximum atomic E-state index is 13.3. The van der Waals surface area contributed by atoms with Gasteiger partial charge in [0.2, 0.25) is 0 Å². The van der Waals surface area contributed by atoms with Crippen LogP contribution in [0.15, 0.2) is 47.5 Å². The van der Waals surface area contributed by atoms with Crippen molar-refractivity contribution in [1.29, 1.82) is 0 Å². The minimum absolute atomic E-state index is 0.0878. The van der Waals surface area contributed by atoms with Crippen LogP contribution in [0.1, 0.15) is 58.6 Å². The van der Waals surface area contributed by atoms with Crippen LogP contribution in [0.4, 0.5) is 5.00 Å². The summed E-state index contributed by atoms with van der Waals surface area (Å²) in [4.78, 5) is 30.8. The molecule has 1 amide bonds. The number of nitrogens with zero attached hydrogens (tertiary/aromatic N) is 1. The Bertz CT molecular complexity index is 1250.